The average Bonchev–Trinajstić information content (AvgIpc) is 3.27. The molecule has 0 spiro atoms. The fourth-order valence-corrected chi connectivity index (χ4v) is 4.33. The zero-order chi connectivity index (χ0) is 24.5. The molecule has 34 heavy (non-hydrogen) atoms. The molecule has 0 bridgehead atoms. The molecular weight excluding hydrogens is 450 g/mol. The normalized spacial score (nSPS) is 15.5. The van der Waals surface area contributed by atoms with E-state index in [0.717, 1.165) is 54.7 Å². The smallest absolute Gasteiger partial charge is 0.253 e. The van der Waals surface area contributed by atoms with Gasteiger partial charge < -0.3 is 9.32 Å². The van der Waals surface area contributed by atoms with Gasteiger partial charge in [0.05, 0.1) is 35.7 Å². The monoisotopic (exact) mass is 483 g/mol. The SMILES string of the molecule is Cc1nn(Cc2ccc(C(=O)N3CCCN(Cc4ncc(C(C)(C)C)o4)CC3)cc2)c(C)c1Cl. The molecule has 0 unspecified atom stereocenters. The van der Waals surface area contributed by atoms with Crippen molar-refractivity contribution in [1.82, 2.24) is 24.6 Å². The summed E-state index contributed by atoms with van der Waals surface area (Å²) >= 11 is 6.26. The van der Waals surface area contributed by atoms with Gasteiger partial charge in [-0.15, -0.1) is 0 Å². The Morgan fingerprint density at radius 2 is 1.79 bits per heavy atom. The molecule has 1 amide bonds. The van der Waals surface area contributed by atoms with Crippen molar-refractivity contribution in [2.24, 2.45) is 0 Å². The maximum atomic E-state index is 13.1. The molecule has 8 heteroatoms. The van der Waals surface area contributed by atoms with E-state index in [2.05, 4.69) is 35.8 Å². The quantitative estimate of drug-likeness (QED) is 0.519. The number of nitrogens with zero attached hydrogens (tertiary/aromatic N) is 5. The van der Waals surface area contributed by atoms with E-state index in [9.17, 15) is 4.79 Å². The Morgan fingerprint density at radius 3 is 2.41 bits per heavy atom. The van der Waals surface area contributed by atoms with Crippen molar-refractivity contribution in [1.29, 1.82) is 0 Å². The number of carbonyl (C=O) groups is 1. The zero-order valence-corrected chi connectivity index (χ0v) is 21.5. The molecular formula is C26H34ClN5O2. The number of rotatable bonds is 5. The van der Waals surface area contributed by atoms with Crippen LogP contribution in [-0.2, 0) is 18.5 Å². The highest BCUT2D eigenvalue weighted by Gasteiger charge is 2.23. The van der Waals surface area contributed by atoms with Crippen LogP contribution >= 0.6 is 11.6 Å². The summed E-state index contributed by atoms with van der Waals surface area (Å²) in [5.74, 6) is 1.72. The van der Waals surface area contributed by atoms with Crippen LogP contribution in [0.2, 0.25) is 5.02 Å². The van der Waals surface area contributed by atoms with Gasteiger partial charge in [0.2, 0.25) is 5.89 Å². The van der Waals surface area contributed by atoms with Gasteiger partial charge in [-0.05, 0) is 38.0 Å². The van der Waals surface area contributed by atoms with Crippen molar-refractivity contribution < 1.29 is 9.21 Å². The van der Waals surface area contributed by atoms with Crippen LogP contribution in [0.25, 0.3) is 0 Å². The van der Waals surface area contributed by atoms with Crippen molar-refractivity contribution in [2.45, 2.75) is 59.5 Å². The molecule has 7 nitrogen and oxygen atoms in total. The maximum Gasteiger partial charge on any atom is 0.253 e. The number of aryl methyl sites for hydroxylation is 1. The van der Waals surface area contributed by atoms with Crippen LogP contribution in [0.3, 0.4) is 0 Å². The van der Waals surface area contributed by atoms with Crippen molar-refractivity contribution in [3.8, 4) is 0 Å². The van der Waals surface area contributed by atoms with Gasteiger partial charge in [-0.2, -0.15) is 5.10 Å². The molecule has 3 heterocycles. The Hall–Kier alpha value is -2.64. The summed E-state index contributed by atoms with van der Waals surface area (Å²) in [6.07, 6.45) is 2.76. The fourth-order valence-electron chi connectivity index (χ4n) is 4.19. The van der Waals surface area contributed by atoms with E-state index < -0.39 is 0 Å². The Kier molecular flexibility index (Phi) is 7.14. The predicted molar refractivity (Wildman–Crippen MR) is 133 cm³/mol. The molecule has 3 aromatic rings. The highest BCUT2D eigenvalue weighted by molar-refractivity contribution is 6.31. The molecule has 0 N–H and O–H groups in total. The van der Waals surface area contributed by atoms with E-state index in [1.54, 1.807) is 0 Å². The Labute approximate surface area is 206 Å². The molecule has 182 valence electrons. The van der Waals surface area contributed by atoms with Gasteiger partial charge in [0.1, 0.15) is 5.76 Å². The summed E-state index contributed by atoms with van der Waals surface area (Å²) in [4.78, 5) is 21.9. The van der Waals surface area contributed by atoms with Crippen LogP contribution in [0, 0.1) is 13.8 Å². The third-order valence-corrected chi connectivity index (χ3v) is 6.90. The minimum absolute atomic E-state index is 0.0496. The molecule has 2 aromatic heterocycles. The summed E-state index contributed by atoms with van der Waals surface area (Å²) in [6.45, 7) is 14.7. The molecule has 1 saturated heterocycles. The Bertz CT molecular complexity index is 1140. The molecule has 1 aliphatic heterocycles. The predicted octanol–water partition coefficient (Wildman–Crippen LogP) is 4.84. The van der Waals surface area contributed by atoms with E-state index in [-0.39, 0.29) is 11.3 Å². The van der Waals surface area contributed by atoms with Gasteiger partial charge >= 0.3 is 0 Å². The van der Waals surface area contributed by atoms with Crippen LogP contribution < -0.4 is 0 Å². The molecule has 1 aliphatic rings. The molecule has 0 aliphatic carbocycles. The topological polar surface area (TPSA) is 67.4 Å². The number of oxazole rings is 1. The fraction of sp³-hybridized carbons (Fsp3) is 0.500. The van der Waals surface area contributed by atoms with Gasteiger partial charge in [-0.3, -0.25) is 14.4 Å². The highest BCUT2D eigenvalue weighted by atomic mass is 35.5. The average molecular weight is 484 g/mol. The van der Waals surface area contributed by atoms with Gasteiger partial charge in [0, 0.05) is 37.2 Å². The zero-order valence-electron chi connectivity index (χ0n) is 20.8. The largest absolute Gasteiger partial charge is 0.444 e. The van der Waals surface area contributed by atoms with E-state index in [0.29, 0.717) is 30.2 Å². The van der Waals surface area contributed by atoms with E-state index in [1.165, 1.54) is 0 Å². The van der Waals surface area contributed by atoms with Crippen LogP contribution in [0.5, 0.6) is 0 Å². The lowest BCUT2D eigenvalue weighted by Crippen LogP contribution is -2.35. The Morgan fingerprint density at radius 1 is 1.06 bits per heavy atom. The van der Waals surface area contributed by atoms with Crippen molar-refractivity contribution in [2.75, 3.05) is 26.2 Å². The number of benzene rings is 1. The minimum atomic E-state index is -0.0496. The van der Waals surface area contributed by atoms with Crippen LogP contribution in [-0.4, -0.2) is 56.7 Å². The maximum absolute atomic E-state index is 13.1. The summed E-state index contributed by atoms with van der Waals surface area (Å²) in [5.41, 5.74) is 3.53. The molecule has 0 atom stereocenters. The molecule has 1 aromatic carbocycles. The van der Waals surface area contributed by atoms with Crippen LogP contribution in [0.15, 0.2) is 34.9 Å². The first kappa shape index (κ1) is 24.5. The lowest BCUT2D eigenvalue weighted by molar-refractivity contribution is 0.0760. The highest BCUT2D eigenvalue weighted by Crippen LogP contribution is 2.23. The van der Waals surface area contributed by atoms with Crippen LogP contribution in [0.1, 0.15) is 66.2 Å². The third-order valence-electron chi connectivity index (χ3n) is 6.35. The lowest BCUT2D eigenvalue weighted by Gasteiger charge is -2.21. The summed E-state index contributed by atoms with van der Waals surface area (Å²) in [6, 6.07) is 7.82. The van der Waals surface area contributed by atoms with Gasteiger partial charge in [-0.25, -0.2) is 4.98 Å². The summed E-state index contributed by atoms with van der Waals surface area (Å²) in [7, 11) is 0. The second-order valence-corrected chi connectivity index (χ2v) is 10.5. The third kappa shape index (κ3) is 5.53. The van der Waals surface area contributed by atoms with E-state index >= 15 is 0 Å². The molecule has 1 fully saturated rings. The first-order valence-electron chi connectivity index (χ1n) is 11.9. The van der Waals surface area contributed by atoms with E-state index in [4.69, 9.17) is 16.0 Å². The second-order valence-electron chi connectivity index (χ2n) is 10.1. The second kappa shape index (κ2) is 9.92. The number of amides is 1. The number of hydrogen-bond donors (Lipinski definition) is 0. The van der Waals surface area contributed by atoms with Crippen LogP contribution in [0.4, 0.5) is 0 Å². The number of carbonyl (C=O) groups excluding carboxylic acids is 1. The standard InChI is InChI=1S/C26H34ClN5O2/c1-18-24(27)19(2)32(29-18)16-20-7-9-21(10-8-20)25(33)31-12-6-11-30(13-14-31)17-23-28-15-22(34-23)26(3,4)5/h7-10,15H,6,11-14,16-17H2,1-5H3. The number of halogens is 1. The van der Waals surface area contributed by atoms with E-state index in [1.807, 2.05) is 53.9 Å². The van der Waals surface area contributed by atoms with Crippen molar-refractivity contribution >= 4 is 17.5 Å². The molecule has 4 rings (SSSR count). The van der Waals surface area contributed by atoms with Gasteiger partial charge in [0.25, 0.3) is 5.91 Å². The number of aromatic nitrogens is 3. The summed E-state index contributed by atoms with van der Waals surface area (Å²) in [5, 5.41) is 5.20. The first-order chi connectivity index (χ1) is 16.1. The Balaban J connectivity index is 1.34. The lowest BCUT2D eigenvalue weighted by atomic mass is 9.94. The molecule has 0 saturated carbocycles. The minimum Gasteiger partial charge on any atom is -0.444 e. The van der Waals surface area contributed by atoms with Gasteiger partial charge in [0.15, 0.2) is 0 Å². The number of hydrogen-bond acceptors (Lipinski definition) is 5. The first-order valence-corrected chi connectivity index (χ1v) is 12.2. The van der Waals surface area contributed by atoms with Crippen molar-refractivity contribution in [3.63, 3.8) is 0 Å². The van der Waals surface area contributed by atoms with Gasteiger partial charge in [-0.1, -0.05) is 44.5 Å². The van der Waals surface area contributed by atoms with Crippen molar-refractivity contribution in [3.05, 3.63) is 69.7 Å². The summed E-state index contributed by atoms with van der Waals surface area (Å²) < 4.78 is 7.86. The molecule has 0 radical (unpaired) electrons.